The van der Waals surface area contributed by atoms with Gasteiger partial charge in [0.25, 0.3) is 0 Å². The lowest BCUT2D eigenvalue weighted by atomic mass is 10.1. The van der Waals surface area contributed by atoms with Gasteiger partial charge in [0.2, 0.25) is 0 Å². The third kappa shape index (κ3) is 2.91. The number of nitrogens with zero attached hydrogens (tertiary/aromatic N) is 2. The molecule has 2 rings (SSSR count). The molecule has 4 nitrogen and oxygen atoms in total. The molecule has 1 N–H and O–H groups in total. The smallest absolute Gasteiger partial charge is 0.121 e. The molecule has 1 aromatic carbocycles. The largest absolute Gasteiger partial charge is 0.304 e. The van der Waals surface area contributed by atoms with Crippen LogP contribution in [0.1, 0.15) is 35.5 Å². The van der Waals surface area contributed by atoms with Gasteiger partial charge < -0.3 is 5.32 Å². The first-order chi connectivity index (χ1) is 8.16. The summed E-state index contributed by atoms with van der Waals surface area (Å²) < 4.78 is 4.66. The fourth-order valence-corrected chi connectivity index (χ4v) is 1.63. The van der Waals surface area contributed by atoms with Gasteiger partial charge in [-0.3, -0.25) is 0 Å². The predicted octanol–water partition coefficient (Wildman–Crippen LogP) is 2.54. The van der Waals surface area contributed by atoms with Crippen molar-refractivity contribution in [1.29, 1.82) is 0 Å². The van der Waals surface area contributed by atoms with Gasteiger partial charge in [0, 0.05) is 12.6 Å². The fraction of sp³-hybridized carbons (Fsp3) is 0.385. The molecule has 90 valence electrons. The standard InChI is InChI=1S/C13H17N3O/c1-9-4-6-12(7-5-9)10(2)14-8-13-11(3)15-17-16-13/h4-7,10,14H,8H2,1-3H3/t10-/m0/s1. The van der Waals surface area contributed by atoms with Crippen LogP contribution in [0.2, 0.25) is 0 Å². The Kier molecular flexibility index (Phi) is 3.54. The van der Waals surface area contributed by atoms with Gasteiger partial charge in [-0.2, -0.15) is 0 Å². The van der Waals surface area contributed by atoms with Crippen molar-refractivity contribution in [2.75, 3.05) is 0 Å². The number of rotatable bonds is 4. The molecule has 0 unspecified atom stereocenters. The monoisotopic (exact) mass is 231 g/mol. The summed E-state index contributed by atoms with van der Waals surface area (Å²) in [5.41, 5.74) is 4.25. The Labute approximate surface area is 101 Å². The lowest BCUT2D eigenvalue weighted by Gasteiger charge is -2.13. The maximum absolute atomic E-state index is 4.66. The summed E-state index contributed by atoms with van der Waals surface area (Å²) in [4.78, 5) is 0. The average molecular weight is 231 g/mol. The van der Waals surface area contributed by atoms with Crippen LogP contribution in [-0.4, -0.2) is 10.3 Å². The molecule has 0 aliphatic rings. The summed E-state index contributed by atoms with van der Waals surface area (Å²) in [6.45, 7) is 6.79. The third-order valence-electron chi connectivity index (χ3n) is 2.90. The third-order valence-corrected chi connectivity index (χ3v) is 2.90. The second-order valence-corrected chi connectivity index (χ2v) is 4.31. The molecule has 4 heteroatoms. The Morgan fingerprint density at radius 1 is 1.18 bits per heavy atom. The lowest BCUT2D eigenvalue weighted by Crippen LogP contribution is -2.18. The molecule has 0 saturated carbocycles. The maximum Gasteiger partial charge on any atom is 0.121 e. The first-order valence-corrected chi connectivity index (χ1v) is 5.75. The molecule has 1 atom stereocenters. The first-order valence-electron chi connectivity index (χ1n) is 5.75. The minimum atomic E-state index is 0.284. The van der Waals surface area contributed by atoms with E-state index in [-0.39, 0.29) is 6.04 Å². The van der Waals surface area contributed by atoms with Gasteiger partial charge in [0.15, 0.2) is 0 Å². The lowest BCUT2D eigenvalue weighted by molar-refractivity contribution is 0.300. The van der Waals surface area contributed by atoms with Crippen LogP contribution in [0.15, 0.2) is 28.9 Å². The zero-order valence-corrected chi connectivity index (χ0v) is 10.4. The van der Waals surface area contributed by atoms with Crippen LogP contribution in [0.5, 0.6) is 0 Å². The van der Waals surface area contributed by atoms with Crippen molar-refractivity contribution in [2.45, 2.75) is 33.4 Å². The van der Waals surface area contributed by atoms with Gasteiger partial charge in [-0.05, 0) is 26.3 Å². The number of aromatic nitrogens is 2. The Balaban J connectivity index is 1.95. The minimum Gasteiger partial charge on any atom is -0.304 e. The zero-order chi connectivity index (χ0) is 12.3. The van der Waals surface area contributed by atoms with E-state index >= 15 is 0 Å². The molecule has 0 aliphatic heterocycles. The van der Waals surface area contributed by atoms with E-state index in [1.807, 2.05) is 6.92 Å². The Morgan fingerprint density at radius 3 is 2.47 bits per heavy atom. The van der Waals surface area contributed by atoms with Crippen molar-refractivity contribution in [3.05, 3.63) is 46.8 Å². The second kappa shape index (κ2) is 5.10. The molecule has 1 heterocycles. The number of aryl methyl sites for hydroxylation is 2. The van der Waals surface area contributed by atoms with Crippen molar-refractivity contribution in [1.82, 2.24) is 15.6 Å². The van der Waals surface area contributed by atoms with Crippen molar-refractivity contribution >= 4 is 0 Å². The zero-order valence-electron chi connectivity index (χ0n) is 10.4. The van der Waals surface area contributed by atoms with Crippen molar-refractivity contribution in [3.63, 3.8) is 0 Å². The summed E-state index contributed by atoms with van der Waals surface area (Å²) in [5.74, 6) is 0. The van der Waals surface area contributed by atoms with Crippen molar-refractivity contribution in [3.8, 4) is 0 Å². The van der Waals surface area contributed by atoms with Crippen LogP contribution in [0.3, 0.4) is 0 Å². The molecular formula is C13H17N3O. The molecule has 0 bridgehead atoms. The minimum absolute atomic E-state index is 0.284. The average Bonchev–Trinajstić information content (AvgIpc) is 2.73. The van der Waals surface area contributed by atoms with Crippen LogP contribution < -0.4 is 5.32 Å². The second-order valence-electron chi connectivity index (χ2n) is 4.31. The van der Waals surface area contributed by atoms with Gasteiger partial charge in [0.05, 0.1) is 0 Å². The normalized spacial score (nSPS) is 12.6. The van der Waals surface area contributed by atoms with Crippen LogP contribution in [0.4, 0.5) is 0 Å². The molecule has 0 radical (unpaired) electrons. The van der Waals surface area contributed by atoms with Crippen LogP contribution in [0.25, 0.3) is 0 Å². The fourth-order valence-electron chi connectivity index (χ4n) is 1.63. The summed E-state index contributed by atoms with van der Waals surface area (Å²) in [7, 11) is 0. The maximum atomic E-state index is 4.66. The summed E-state index contributed by atoms with van der Waals surface area (Å²) in [6, 6.07) is 8.81. The Bertz CT molecular complexity index is 476. The molecule has 17 heavy (non-hydrogen) atoms. The van der Waals surface area contributed by atoms with E-state index in [0.29, 0.717) is 6.54 Å². The van der Waals surface area contributed by atoms with Crippen LogP contribution in [0, 0.1) is 13.8 Å². The number of benzene rings is 1. The molecular weight excluding hydrogens is 214 g/mol. The quantitative estimate of drug-likeness (QED) is 0.878. The van der Waals surface area contributed by atoms with Gasteiger partial charge in [-0.15, -0.1) is 0 Å². The molecule has 0 saturated heterocycles. The van der Waals surface area contributed by atoms with E-state index in [9.17, 15) is 0 Å². The highest BCUT2D eigenvalue weighted by atomic mass is 16.6. The Hall–Kier alpha value is -1.68. The SMILES string of the molecule is Cc1ccc([C@H](C)NCc2nonc2C)cc1. The number of hydrogen-bond donors (Lipinski definition) is 1. The van der Waals surface area contributed by atoms with Gasteiger partial charge >= 0.3 is 0 Å². The number of nitrogens with one attached hydrogen (secondary N) is 1. The number of hydrogen-bond acceptors (Lipinski definition) is 4. The highest BCUT2D eigenvalue weighted by Gasteiger charge is 2.08. The highest BCUT2D eigenvalue weighted by molar-refractivity contribution is 5.23. The molecule has 0 amide bonds. The molecule has 0 spiro atoms. The van der Waals surface area contributed by atoms with Gasteiger partial charge in [-0.25, -0.2) is 4.63 Å². The molecule has 2 aromatic rings. The molecule has 0 aliphatic carbocycles. The summed E-state index contributed by atoms with van der Waals surface area (Å²) in [6.07, 6.45) is 0. The first kappa shape index (κ1) is 11.8. The molecule has 0 fully saturated rings. The predicted molar refractivity (Wildman–Crippen MR) is 65.5 cm³/mol. The topological polar surface area (TPSA) is 51.0 Å². The van der Waals surface area contributed by atoms with E-state index in [2.05, 4.69) is 58.4 Å². The van der Waals surface area contributed by atoms with E-state index in [4.69, 9.17) is 0 Å². The van der Waals surface area contributed by atoms with Crippen LogP contribution in [-0.2, 0) is 6.54 Å². The summed E-state index contributed by atoms with van der Waals surface area (Å²) in [5, 5.41) is 11.0. The molecule has 1 aromatic heterocycles. The van der Waals surface area contributed by atoms with Crippen molar-refractivity contribution in [2.24, 2.45) is 0 Å². The van der Waals surface area contributed by atoms with Crippen LogP contribution >= 0.6 is 0 Å². The van der Waals surface area contributed by atoms with Gasteiger partial charge in [0.1, 0.15) is 11.4 Å². The van der Waals surface area contributed by atoms with E-state index in [1.54, 1.807) is 0 Å². The highest BCUT2D eigenvalue weighted by Crippen LogP contribution is 2.13. The van der Waals surface area contributed by atoms with Crippen molar-refractivity contribution < 1.29 is 4.63 Å². The van der Waals surface area contributed by atoms with E-state index in [0.717, 1.165) is 11.4 Å². The summed E-state index contributed by atoms with van der Waals surface area (Å²) >= 11 is 0. The Morgan fingerprint density at radius 2 is 1.88 bits per heavy atom. The van der Waals surface area contributed by atoms with Gasteiger partial charge in [-0.1, -0.05) is 40.1 Å². The van der Waals surface area contributed by atoms with E-state index in [1.165, 1.54) is 11.1 Å². The van der Waals surface area contributed by atoms with E-state index < -0.39 is 0 Å².